The lowest BCUT2D eigenvalue weighted by Gasteiger charge is -2.09. The van der Waals surface area contributed by atoms with Crippen LogP contribution < -0.4 is 5.76 Å². The summed E-state index contributed by atoms with van der Waals surface area (Å²) in [6.45, 7) is 4.98. The number of ether oxygens (including phenoxy) is 1. The first-order valence-electron chi connectivity index (χ1n) is 7.82. The SMILES string of the molecule is COCCn1c(C)cc(C(=O)Cn2c(-c3cccs3)noc2=O)c1C. The lowest BCUT2D eigenvalue weighted by molar-refractivity contribution is 0.0969. The smallest absolute Gasteiger partial charge is 0.383 e. The average Bonchev–Trinajstić information content (AvgIpc) is 3.28. The van der Waals surface area contributed by atoms with Crippen LogP contribution in [0.4, 0.5) is 0 Å². The third kappa shape index (κ3) is 3.35. The van der Waals surface area contributed by atoms with Crippen LogP contribution in [0, 0.1) is 13.8 Å². The molecule has 8 heteroatoms. The molecule has 0 aliphatic heterocycles. The van der Waals surface area contributed by atoms with E-state index in [2.05, 4.69) is 5.16 Å². The Morgan fingerprint density at radius 2 is 2.16 bits per heavy atom. The normalized spacial score (nSPS) is 11.2. The minimum atomic E-state index is -0.634. The highest BCUT2D eigenvalue weighted by Crippen LogP contribution is 2.22. The number of carbonyl (C=O) groups is 1. The zero-order valence-electron chi connectivity index (χ0n) is 14.3. The van der Waals surface area contributed by atoms with Gasteiger partial charge in [0, 0.05) is 30.6 Å². The van der Waals surface area contributed by atoms with Crippen LogP contribution in [0.2, 0.25) is 0 Å². The number of methoxy groups -OCH3 is 1. The van der Waals surface area contributed by atoms with Crippen molar-refractivity contribution in [1.29, 1.82) is 0 Å². The van der Waals surface area contributed by atoms with Gasteiger partial charge in [0.2, 0.25) is 0 Å². The van der Waals surface area contributed by atoms with E-state index in [1.807, 2.05) is 42.0 Å². The Morgan fingerprint density at radius 1 is 1.36 bits per heavy atom. The van der Waals surface area contributed by atoms with Crippen molar-refractivity contribution in [3.63, 3.8) is 0 Å². The van der Waals surface area contributed by atoms with Crippen LogP contribution in [-0.2, 0) is 17.8 Å². The number of ketones is 1. The number of nitrogens with zero attached hydrogens (tertiary/aromatic N) is 3. The number of hydrogen-bond acceptors (Lipinski definition) is 6. The Morgan fingerprint density at radius 3 is 2.84 bits per heavy atom. The van der Waals surface area contributed by atoms with Crippen molar-refractivity contribution < 1.29 is 14.1 Å². The summed E-state index contributed by atoms with van der Waals surface area (Å²) in [5, 5.41) is 5.68. The van der Waals surface area contributed by atoms with Gasteiger partial charge in [-0.2, -0.15) is 0 Å². The zero-order valence-corrected chi connectivity index (χ0v) is 15.1. The molecule has 0 atom stereocenters. The fourth-order valence-electron chi connectivity index (χ4n) is 2.83. The quantitative estimate of drug-likeness (QED) is 0.604. The molecule has 0 fully saturated rings. The molecule has 132 valence electrons. The molecule has 25 heavy (non-hydrogen) atoms. The maximum atomic E-state index is 12.8. The minimum absolute atomic E-state index is 0.107. The molecular formula is C17H19N3O4S. The number of rotatable bonds is 7. The van der Waals surface area contributed by atoms with E-state index in [0.717, 1.165) is 16.3 Å². The molecule has 0 amide bonds. The van der Waals surface area contributed by atoms with Gasteiger partial charge in [-0.05, 0) is 31.4 Å². The van der Waals surface area contributed by atoms with E-state index in [1.165, 1.54) is 15.9 Å². The van der Waals surface area contributed by atoms with E-state index in [-0.39, 0.29) is 12.3 Å². The maximum Gasteiger partial charge on any atom is 0.442 e. The molecule has 0 radical (unpaired) electrons. The van der Waals surface area contributed by atoms with E-state index >= 15 is 0 Å². The summed E-state index contributed by atoms with van der Waals surface area (Å²) in [4.78, 5) is 25.5. The van der Waals surface area contributed by atoms with Gasteiger partial charge in [-0.25, -0.2) is 9.36 Å². The third-order valence-electron chi connectivity index (χ3n) is 4.12. The van der Waals surface area contributed by atoms with Crippen molar-refractivity contribution >= 4 is 17.1 Å². The fourth-order valence-corrected chi connectivity index (χ4v) is 3.54. The topological polar surface area (TPSA) is 79.3 Å². The van der Waals surface area contributed by atoms with Crippen LogP contribution in [0.25, 0.3) is 10.7 Å². The fraction of sp³-hybridized carbons (Fsp3) is 0.353. The van der Waals surface area contributed by atoms with E-state index in [9.17, 15) is 9.59 Å². The van der Waals surface area contributed by atoms with Crippen LogP contribution in [0.1, 0.15) is 21.7 Å². The Labute approximate surface area is 148 Å². The summed E-state index contributed by atoms with van der Waals surface area (Å²) in [7, 11) is 1.64. The maximum absolute atomic E-state index is 12.8. The lowest BCUT2D eigenvalue weighted by atomic mass is 10.1. The van der Waals surface area contributed by atoms with Crippen LogP contribution in [0.3, 0.4) is 0 Å². The van der Waals surface area contributed by atoms with E-state index < -0.39 is 5.76 Å². The van der Waals surface area contributed by atoms with Gasteiger partial charge in [0.1, 0.15) is 0 Å². The van der Waals surface area contributed by atoms with Crippen LogP contribution >= 0.6 is 11.3 Å². The van der Waals surface area contributed by atoms with E-state index in [4.69, 9.17) is 9.26 Å². The van der Waals surface area contributed by atoms with Gasteiger partial charge >= 0.3 is 5.76 Å². The lowest BCUT2D eigenvalue weighted by Crippen LogP contribution is -2.21. The second-order valence-corrected chi connectivity index (χ2v) is 6.64. The highest BCUT2D eigenvalue weighted by atomic mass is 32.1. The first kappa shape index (κ1) is 17.4. The van der Waals surface area contributed by atoms with Crippen molar-refractivity contribution in [2.45, 2.75) is 26.9 Å². The summed E-state index contributed by atoms with van der Waals surface area (Å²) in [5.74, 6) is -0.411. The molecule has 0 saturated heterocycles. The van der Waals surface area contributed by atoms with Gasteiger partial charge in [-0.15, -0.1) is 11.3 Å². The van der Waals surface area contributed by atoms with Gasteiger partial charge in [-0.3, -0.25) is 9.32 Å². The molecule has 0 N–H and O–H groups in total. The molecule has 7 nitrogen and oxygen atoms in total. The summed E-state index contributed by atoms with van der Waals surface area (Å²) in [5.41, 5.74) is 2.44. The second-order valence-electron chi connectivity index (χ2n) is 5.69. The summed E-state index contributed by atoms with van der Waals surface area (Å²) < 4.78 is 13.2. The zero-order chi connectivity index (χ0) is 18.0. The standard InChI is InChI=1S/C17H19N3O4S/c1-11-9-13(12(2)19(11)6-7-23-3)14(21)10-20-16(18-24-17(20)22)15-5-4-8-25-15/h4-5,8-9H,6-7,10H2,1-3H3. The molecule has 0 spiro atoms. The third-order valence-corrected chi connectivity index (χ3v) is 4.99. The van der Waals surface area contributed by atoms with Gasteiger partial charge in [0.05, 0.1) is 18.0 Å². The van der Waals surface area contributed by atoms with Crippen LogP contribution in [0.5, 0.6) is 0 Å². The Hall–Kier alpha value is -2.45. The Kier molecular flexibility index (Phi) is 5.00. The number of carbonyl (C=O) groups excluding carboxylic acids is 1. The molecule has 0 aromatic carbocycles. The highest BCUT2D eigenvalue weighted by molar-refractivity contribution is 7.13. The molecule has 0 bridgehead atoms. The Balaban J connectivity index is 1.89. The molecule has 3 rings (SSSR count). The molecular weight excluding hydrogens is 342 g/mol. The molecule has 0 saturated carbocycles. The highest BCUT2D eigenvalue weighted by Gasteiger charge is 2.20. The average molecular weight is 361 g/mol. The number of Topliss-reactive ketones (excluding diaryl/α,β-unsaturated/α-hetero) is 1. The Bertz CT molecular complexity index is 934. The van der Waals surface area contributed by atoms with Crippen LogP contribution in [-0.4, -0.2) is 33.8 Å². The second kappa shape index (κ2) is 7.20. The largest absolute Gasteiger partial charge is 0.442 e. The van der Waals surface area contributed by atoms with Crippen molar-refractivity contribution in [3.8, 4) is 10.7 Å². The summed E-state index contributed by atoms with van der Waals surface area (Å²) in [6, 6.07) is 5.53. The predicted molar refractivity (Wildman–Crippen MR) is 94.2 cm³/mol. The number of thiophene rings is 1. The molecule has 3 heterocycles. The molecule has 0 aliphatic carbocycles. The molecule has 3 aromatic heterocycles. The van der Waals surface area contributed by atoms with E-state index in [0.29, 0.717) is 24.5 Å². The van der Waals surface area contributed by atoms with Crippen molar-refractivity contribution in [3.05, 3.63) is 51.1 Å². The van der Waals surface area contributed by atoms with Crippen LogP contribution in [0.15, 0.2) is 32.9 Å². The van der Waals surface area contributed by atoms with Gasteiger partial charge in [0.25, 0.3) is 0 Å². The van der Waals surface area contributed by atoms with E-state index in [1.54, 1.807) is 7.11 Å². The first-order chi connectivity index (χ1) is 12.0. The number of aryl methyl sites for hydroxylation is 1. The van der Waals surface area contributed by atoms with Gasteiger partial charge in [-0.1, -0.05) is 11.2 Å². The van der Waals surface area contributed by atoms with Gasteiger partial charge in [0.15, 0.2) is 11.6 Å². The summed E-state index contributed by atoms with van der Waals surface area (Å²) in [6.07, 6.45) is 0. The molecule has 3 aromatic rings. The van der Waals surface area contributed by atoms with Gasteiger partial charge < -0.3 is 9.30 Å². The minimum Gasteiger partial charge on any atom is -0.383 e. The monoisotopic (exact) mass is 361 g/mol. The molecule has 0 aliphatic rings. The van der Waals surface area contributed by atoms with Crippen molar-refractivity contribution in [1.82, 2.24) is 14.3 Å². The predicted octanol–water partition coefficient (Wildman–Crippen LogP) is 2.51. The number of hydrogen-bond donors (Lipinski definition) is 0. The van der Waals surface area contributed by atoms with Crippen molar-refractivity contribution in [2.24, 2.45) is 0 Å². The summed E-state index contributed by atoms with van der Waals surface area (Å²) >= 11 is 1.43. The first-order valence-corrected chi connectivity index (χ1v) is 8.70. The molecule has 0 unspecified atom stereocenters. The number of aromatic nitrogens is 3. The van der Waals surface area contributed by atoms with Crippen molar-refractivity contribution in [2.75, 3.05) is 13.7 Å².